The summed E-state index contributed by atoms with van der Waals surface area (Å²) in [5.74, 6) is -0.123. The van der Waals surface area contributed by atoms with Crippen molar-refractivity contribution in [1.29, 1.82) is 0 Å². The summed E-state index contributed by atoms with van der Waals surface area (Å²) in [7, 11) is 0. The molecule has 0 radical (unpaired) electrons. The van der Waals surface area contributed by atoms with Crippen LogP contribution in [0.15, 0.2) is 15.6 Å². The van der Waals surface area contributed by atoms with E-state index < -0.39 is 0 Å². The van der Waals surface area contributed by atoms with Gasteiger partial charge in [0.15, 0.2) is 5.13 Å². The molecule has 2 heterocycles. The largest absolute Gasteiger partial charge is 0.307 e. The molecule has 0 unspecified atom stereocenters. The van der Waals surface area contributed by atoms with Gasteiger partial charge in [-0.15, -0.1) is 11.3 Å². The molecule has 0 spiro atoms. The number of rotatable bonds is 4. The summed E-state index contributed by atoms with van der Waals surface area (Å²) in [5, 5.41) is 7.00. The van der Waals surface area contributed by atoms with Crippen LogP contribution in [0.3, 0.4) is 0 Å². The highest BCUT2D eigenvalue weighted by molar-refractivity contribution is 7.13. The predicted molar refractivity (Wildman–Crippen MR) is 73.4 cm³/mol. The number of thiazole rings is 2. The Balaban J connectivity index is 1.91. The standard InChI is InChI=1S/C11H13N3O2S2/c1-7-5-17-10(12-7)13-9(15)3-4-14-8(2)6-18-11(14)16/h5-6H,3-4H2,1-2H3,(H,12,13,15). The molecule has 0 aliphatic heterocycles. The number of aryl methyl sites for hydroxylation is 2. The second-order valence-corrected chi connectivity index (χ2v) is 5.57. The molecule has 0 atom stereocenters. The van der Waals surface area contributed by atoms with Crippen molar-refractivity contribution in [2.75, 3.05) is 5.32 Å². The lowest BCUT2D eigenvalue weighted by atomic mass is 10.4. The minimum atomic E-state index is -0.123. The van der Waals surface area contributed by atoms with Crippen molar-refractivity contribution in [3.05, 3.63) is 31.8 Å². The first-order valence-corrected chi connectivity index (χ1v) is 7.19. The lowest BCUT2D eigenvalue weighted by Crippen LogP contribution is -2.20. The van der Waals surface area contributed by atoms with Crippen molar-refractivity contribution >= 4 is 33.7 Å². The highest BCUT2D eigenvalue weighted by atomic mass is 32.1. The van der Waals surface area contributed by atoms with Crippen LogP contribution in [-0.2, 0) is 11.3 Å². The number of carbonyl (C=O) groups excluding carboxylic acids is 1. The average molecular weight is 283 g/mol. The van der Waals surface area contributed by atoms with Crippen LogP contribution < -0.4 is 10.2 Å². The highest BCUT2D eigenvalue weighted by Gasteiger charge is 2.08. The molecule has 0 bridgehead atoms. The van der Waals surface area contributed by atoms with Crippen molar-refractivity contribution in [3.63, 3.8) is 0 Å². The normalized spacial score (nSPS) is 10.6. The van der Waals surface area contributed by atoms with Crippen LogP contribution in [-0.4, -0.2) is 15.5 Å². The summed E-state index contributed by atoms with van der Waals surface area (Å²) < 4.78 is 1.61. The number of hydrogen-bond donors (Lipinski definition) is 1. The van der Waals surface area contributed by atoms with Gasteiger partial charge in [0.2, 0.25) is 5.91 Å². The van der Waals surface area contributed by atoms with E-state index in [0.717, 1.165) is 22.7 Å². The van der Waals surface area contributed by atoms with Gasteiger partial charge in [-0.1, -0.05) is 11.3 Å². The van der Waals surface area contributed by atoms with Crippen LogP contribution in [0, 0.1) is 13.8 Å². The minimum absolute atomic E-state index is 0.0228. The number of nitrogens with zero attached hydrogens (tertiary/aromatic N) is 2. The Bertz CT molecular complexity index is 612. The predicted octanol–water partition coefficient (Wildman–Crippen LogP) is 2.01. The molecule has 96 valence electrons. The van der Waals surface area contributed by atoms with Crippen molar-refractivity contribution in [3.8, 4) is 0 Å². The fourth-order valence-electron chi connectivity index (χ4n) is 1.48. The van der Waals surface area contributed by atoms with Crippen LogP contribution in [0.4, 0.5) is 5.13 Å². The molecule has 7 heteroatoms. The lowest BCUT2D eigenvalue weighted by molar-refractivity contribution is -0.116. The zero-order valence-electron chi connectivity index (χ0n) is 10.1. The van der Waals surface area contributed by atoms with E-state index in [2.05, 4.69) is 10.3 Å². The maximum Gasteiger partial charge on any atom is 0.307 e. The highest BCUT2D eigenvalue weighted by Crippen LogP contribution is 2.14. The molecule has 0 fully saturated rings. The van der Waals surface area contributed by atoms with Gasteiger partial charge in [0.05, 0.1) is 5.69 Å². The number of hydrogen-bond acceptors (Lipinski definition) is 5. The maximum absolute atomic E-state index is 11.7. The Labute approximate surface area is 112 Å². The maximum atomic E-state index is 11.7. The third-order valence-electron chi connectivity index (χ3n) is 2.40. The van der Waals surface area contributed by atoms with Crippen LogP contribution in [0.5, 0.6) is 0 Å². The summed E-state index contributed by atoms with van der Waals surface area (Å²) in [5.41, 5.74) is 1.78. The van der Waals surface area contributed by atoms with E-state index in [1.54, 1.807) is 9.95 Å². The average Bonchev–Trinajstić information content (AvgIpc) is 2.84. The molecule has 5 nitrogen and oxygen atoms in total. The molecule has 2 rings (SSSR count). The lowest BCUT2D eigenvalue weighted by Gasteiger charge is -2.04. The number of anilines is 1. The number of amides is 1. The van der Waals surface area contributed by atoms with Gasteiger partial charge < -0.3 is 9.88 Å². The van der Waals surface area contributed by atoms with Gasteiger partial charge in [0, 0.05) is 29.4 Å². The van der Waals surface area contributed by atoms with Crippen molar-refractivity contribution < 1.29 is 4.79 Å². The second kappa shape index (κ2) is 5.45. The number of aromatic nitrogens is 2. The Morgan fingerprint density at radius 3 is 2.72 bits per heavy atom. The van der Waals surface area contributed by atoms with Gasteiger partial charge in [0.1, 0.15) is 0 Å². The van der Waals surface area contributed by atoms with Crippen molar-refractivity contribution in [2.24, 2.45) is 0 Å². The zero-order chi connectivity index (χ0) is 13.1. The van der Waals surface area contributed by atoms with Gasteiger partial charge >= 0.3 is 4.87 Å². The first kappa shape index (κ1) is 13.0. The van der Waals surface area contributed by atoms with E-state index >= 15 is 0 Å². The molecule has 2 aromatic heterocycles. The fourth-order valence-corrected chi connectivity index (χ4v) is 2.95. The number of carbonyl (C=O) groups is 1. The van der Waals surface area contributed by atoms with Crippen LogP contribution in [0.25, 0.3) is 0 Å². The van der Waals surface area contributed by atoms with Gasteiger partial charge in [-0.3, -0.25) is 9.59 Å². The van der Waals surface area contributed by atoms with E-state index in [9.17, 15) is 9.59 Å². The summed E-state index contributed by atoms with van der Waals surface area (Å²) >= 11 is 2.55. The fraction of sp³-hybridized carbons (Fsp3) is 0.364. The van der Waals surface area contributed by atoms with Gasteiger partial charge in [-0.2, -0.15) is 0 Å². The molecule has 0 saturated carbocycles. The van der Waals surface area contributed by atoms with Gasteiger partial charge in [-0.25, -0.2) is 4.98 Å². The summed E-state index contributed by atoms with van der Waals surface area (Å²) in [6.07, 6.45) is 0.274. The van der Waals surface area contributed by atoms with Crippen molar-refractivity contribution in [2.45, 2.75) is 26.8 Å². The monoisotopic (exact) mass is 283 g/mol. The molecule has 1 N–H and O–H groups in total. The summed E-state index contributed by atoms with van der Waals surface area (Å²) in [6.45, 7) is 4.14. The molecular formula is C11H13N3O2S2. The Kier molecular flexibility index (Phi) is 3.93. The zero-order valence-corrected chi connectivity index (χ0v) is 11.7. The van der Waals surface area contributed by atoms with E-state index in [4.69, 9.17) is 0 Å². The quantitative estimate of drug-likeness (QED) is 0.933. The van der Waals surface area contributed by atoms with E-state index in [1.807, 2.05) is 19.2 Å². The van der Waals surface area contributed by atoms with Gasteiger partial charge in [-0.05, 0) is 13.8 Å². The minimum Gasteiger partial charge on any atom is -0.303 e. The SMILES string of the molecule is Cc1csc(NC(=O)CCn2c(C)csc2=O)n1. The topological polar surface area (TPSA) is 64.0 Å². The molecule has 0 aliphatic rings. The molecule has 2 aromatic rings. The second-order valence-electron chi connectivity index (χ2n) is 3.89. The molecule has 0 saturated heterocycles. The molecule has 18 heavy (non-hydrogen) atoms. The Morgan fingerprint density at radius 2 is 2.17 bits per heavy atom. The third kappa shape index (κ3) is 3.05. The summed E-state index contributed by atoms with van der Waals surface area (Å²) in [6, 6.07) is 0. The smallest absolute Gasteiger partial charge is 0.303 e. The van der Waals surface area contributed by atoms with E-state index in [1.165, 1.54) is 11.3 Å². The van der Waals surface area contributed by atoms with Crippen LogP contribution in [0.2, 0.25) is 0 Å². The third-order valence-corrected chi connectivity index (χ3v) is 4.16. The Hall–Kier alpha value is -1.47. The van der Waals surface area contributed by atoms with E-state index in [0.29, 0.717) is 11.7 Å². The molecule has 0 aliphatic carbocycles. The number of nitrogens with one attached hydrogen (secondary N) is 1. The van der Waals surface area contributed by atoms with Crippen LogP contribution >= 0.6 is 22.7 Å². The summed E-state index contributed by atoms with van der Waals surface area (Å²) in [4.78, 5) is 27.3. The van der Waals surface area contributed by atoms with Crippen molar-refractivity contribution in [1.82, 2.24) is 9.55 Å². The first-order chi connectivity index (χ1) is 8.56. The first-order valence-electron chi connectivity index (χ1n) is 5.43. The van der Waals surface area contributed by atoms with Gasteiger partial charge in [0.25, 0.3) is 0 Å². The molecule has 1 amide bonds. The van der Waals surface area contributed by atoms with E-state index in [-0.39, 0.29) is 17.2 Å². The van der Waals surface area contributed by atoms with Crippen LogP contribution in [0.1, 0.15) is 17.8 Å². The molecular weight excluding hydrogens is 270 g/mol. The Morgan fingerprint density at radius 1 is 1.39 bits per heavy atom. The molecule has 0 aromatic carbocycles.